The molecule has 0 saturated heterocycles. The summed E-state index contributed by atoms with van der Waals surface area (Å²) in [5, 5.41) is 8.49. The summed E-state index contributed by atoms with van der Waals surface area (Å²) in [6.07, 6.45) is 78.1. The van der Waals surface area contributed by atoms with Crippen molar-refractivity contribution < 1.29 is 24.2 Å². The number of ether oxygens (including phenoxy) is 1. The van der Waals surface area contributed by atoms with Crippen molar-refractivity contribution in [3.8, 4) is 0 Å². The first kappa shape index (κ1) is 77.7. The Kier molecular flexibility index (Phi) is 69.5. The number of aliphatic carboxylic acids is 1. The van der Waals surface area contributed by atoms with Gasteiger partial charge >= 0.3 is 11.9 Å². The zero-order chi connectivity index (χ0) is 56.4. The predicted molar refractivity (Wildman–Crippen MR) is 341 cm³/mol. The Morgan fingerprint density at radius 2 is 0.455 bits per heavy atom. The number of hydrogen-bond acceptors (Lipinski definition) is 4. The van der Waals surface area contributed by atoms with Crippen LogP contribution in [0.3, 0.4) is 0 Å². The molecule has 0 amide bonds. The summed E-state index contributed by atoms with van der Waals surface area (Å²) in [6, 6.07) is 0. The lowest BCUT2D eigenvalue weighted by atomic mass is 9.92. The first-order chi connectivity index (χ1) is 37.9. The van der Waals surface area contributed by atoms with Gasteiger partial charge in [0.2, 0.25) is 0 Å². The van der Waals surface area contributed by atoms with Crippen molar-refractivity contribution in [1.82, 2.24) is 0 Å². The van der Waals surface area contributed by atoms with Crippen LogP contribution in [0.5, 0.6) is 0 Å². The number of rotatable bonds is 65. The van der Waals surface area contributed by atoms with E-state index < -0.39 is 11.9 Å². The lowest BCUT2D eigenvalue weighted by molar-refractivity contribution is -0.158. The van der Waals surface area contributed by atoms with E-state index in [1.807, 2.05) is 0 Å². The Hall–Kier alpha value is -1.39. The number of esters is 1. The van der Waals surface area contributed by atoms with Gasteiger partial charge in [-0.1, -0.05) is 375 Å². The third-order valence-electron chi connectivity index (χ3n) is 16.8. The van der Waals surface area contributed by atoms with Crippen molar-refractivity contribution >= 4 is 17.7 Å². The van der Waals surface area contributed by atoms with E-state index in [9.17, 15) is 14.4 Å². The number of carbonyl (C=O) groups is 3. The van der Waals surface area contributed by atoms with E-state index in [1.54, 1.807) is 0 Å². The molecule has 460 valence electrons. The molecule has 0 bridgehead atoms. The smallest absolute Gasteiger partial charge is 0.316 e. The molecule has 0 aliphatic carbocycles. The largest absolute Gasteiger partial charge is 0.481 e. The molecule has 0 aromatic heterocycles. The van der Waals surface area contributed by atoms with Crippen molar-refractivity contribution in [2.45, 2.75) is 439 Å². The Morgan fingerprint density at radius 1 is 0.260 bits per heavy atom. The fourth-order valence-corrected chi connectivity index (χ4v) is 11.4. The number of unbranched alkanes of at least 4 members (excludes halogenated alkanes) is 52. The van der Waals surface area contributed by atoms with Gasteiger partial charge in [-0.05, 0) is 44.9 Å². The van der Waals surface area contributed by atoms with Crippen LogP contribution in [0.4, 0.5) is 0 Å². The van der Waals surface area contributed by atoms with Crippen LogP contribution in [0.25, 0.3) is 0 Å². The molecule has 0 aliphatic heterocycles. The molecule has 0 rings (SSSR count). The maximum Gasteiger partial charge on any atom is 0.316 e. The van der Waals surface area contributed by atoms with E-state index >= 15 is 0 Å². The van der Waals surface area contributed by atoms with Crippen LogP contribution in [-0.2, 0) is 19.1 Å². The van der Waals surface area contributed by atoms with Crippen LogP contribution in [0, 0.1) is 5.92 Å². The third-order valence-corrected chi connectivity index (χ3v) is 16.8. The van der Waals surface area contributed by atoms with Gasteiger partial charge in [0.15, 0.2) is 0 Å². The average Bonchev–Trinajstić information content (AvgIpc) is 3.42. The monoisotopic (exact) mass is 1090 g/mol. The summed E-state index contributed by atoms with van der Waals surface area (Å²) >= 11 is 0. The van der Waals surface area contributed by atoms with Gasteiger partial charge in [0.25, 0.3) is 0 Å². The highest BCUT2D eigenvalue weighted by Gasteiger charge is 2.29. The summed E-state index contributed by atoms with van der Waals surface area (Å²) < 4.78 is 6.37. The van der Waals surface area contributed by atoms with Crippen LogP contribution in [0.15, 0.2) is 0 Å². The standard InChI is InChI=1S/C56H110O3.C16H32O2/c1-5-9-13-17-21-24-26-28-30-32-34-37-40-44-48-52-55(57)54(51-47-43-39-36-33-31-29-27-25-22-18-14-10-6-2)56(58)59-53(49-45-41-20-16-12-8-4)50-46-42-38-35-23-19-15-11-7-3;1-2-3-4-5-6-7-8-9-10-11-12-13-14-15-16(17)18/h53-54H,5-52H2,1-4H3;2-15H2,1H3,(H,17,18). The fraction of sp³-hybridized carbons (Fsp3) is 0.958. The second kappa shape index (κ2) is 68.9. The molecule has 2 atom stereocenters. The van der Waals surface area contributed by atoms with Gasteiger partial charge in [0, 0.05) is 12.8 Å². The molecule has 0 aromatic rings. The maximum atomic E-state index is 13.9. The molecule has 0 heterocycles. The number of carboxylic acids is 1. The van der Waals surface area contributed by atoms with Crippen molar-refractivity contribution in [3.05, 3.63) is 0 Å². The minimum Gasteiger partial charge on any atom is -0.481 e. The predicted octanol–water partition coefficient (Wildman–Crippen LogP) is 25.4. The van der Waals surface area contributed by atoms with Crippen molar-refractivity contribution in [2.24, 2.45) is 5.92 Å². The summed E-state index contributed by atoms with van der Waals surface area (Å²) in [7, 11) is 0. The molecule has 0 aliphatic rings. The molecule has 77 heavy (non-hydrogen) atoms. The number of hydrogen-bond donors (Lipinski definition) is 1. The van der Waals surface area contributed by atoms with Crippen molar-refractivity contribution in [2.75, 3.05) is 0 Å². The molecule has 0 fully saturated rings. The Bertz CT molecular complexity index is 1140. The van der Waals surface area contributed by atoms with Crippen LogP contribution < -0.4 is 0 Å². The van der Waals surface area contributed by atoms with Crippen LogP contribution in [0.1, 0.15) is 433 Å². The lowest BCUT2D eigenvalue weighted by Crippen LogP contribution is -2.30. The minimum absolute atomic E-state index is 0.0179. The molecule has 0 spiro atoms. The molecule has 0 saturated carbocycles. The quantitative estimate of drug-likeness (QED) is 0.0373. The second-order valence-corrected chi connectivity index (χ2v) is 24.7. The van der Waals surface area contributed by atoms with Crippen molar-refractivity contribution in [1.29, 1.82) is 0 Å². The van der Waals surface area contributed by atoms with Crippen molar-refractivity contribution in [3.63, 3.8) is 0 Å². The molecular formula is C72H142O5. The first-order valence-corrected chi connectivity index (χ1v) is 35.8. The molecule has 0 radical (unpaired) electrons. The Labute approximate surface area is 484 Å². The van der Waals surface area contributed by atoms with Crippen LogP contribution in [-0.4, -0.2) is 28.9 Å². The average molecular weight is 1090 g/mol. The first-order valence-electron chi connectivity index (χ1n) is 35.8. The SMILES string of the molecule is CCCCCCCCCCCCCCCC(=O)O.CCCCCCCCCCCCCCCCCC(=O)C(CCCCCCCCCCCCCCCC)C(=O)OC(CCCCCCCC)CCCCCCCCCCC. The normalized spacial score (nSPS) is 12.2. The zero-order valence-corrected chi connectivity index (χ0v) is 53.6. The van der Waals surface area contributed by atoms with E-state index in [-0.39, 0.29) is 17.9 Å². The topological polar surface area (TPSA) is 80.7 Å². The second-order valence-electron chi connectivity index (χ2n) is 24.7. The summed E-state index contributed by atoms with van der Waals surface area (Å²) in [5.41, 5.74) is 0. The molecule has 2 unspecified atom stereocenters. The highest BCUT2D eigenvalue weighted by molar-refractivity contribution is 5.99. The van der Waals surface area contributed by atoms with Gasteiger partial charge in [-0.15, -0.1) is 0 Å². The van der Waals surface area contributed by atoms with Gasteiger partial charge in [0.1, 0.15) is 17.8 Å². The van der Waals surface area contributed by atoms with Crippen LogP contribution in [0.2, 0.25) is 0 Å². The third kappa shape index (κ3) is 65.3. The highest BCUT2D eigenvalue weighted by atomic mass is 16.5. The van der Waals surface area contributed by atoms with Gasteiger partial charge in [-0.25, -0.2) is 0 Å². The Morgan fingerprint density at radius 3 is 0.688 bits per heavy atom. The minimum atomic E-state index is -0.655. The van der Waals surface area contributed by atoms with Gasteiger partial charge in [-0.2, -0.15) is 0 Å². The van der Waals surface area contributed by atoms with E-state index in [2.05, 4.69) is 34.6 Å². The van der Waals surface area contributed by atoms with Gasteiger partial charge in [-0.3, -0.25) is 14.4 Å². The number of carboxylic acid groups (broad SMARTS) is 1. The van der Waals surface area contributed by atoms with E-state index in [0.29, 0.717) is 19.3 Å². The maximum absolute atomic E-state index is 13.9. The number of Topliss-reactive ketones (excluding diaryl/α,β-unsaturated/α-hetero) is 1. The summed E-state index contributed by atoms with van der Waals surface area (Å²) in [5.74, 6) is -1.22. The zero-order valence-electron chi connectivity index (χ0n) is 53.6. The summed E-state index contributed by atoms with van der Waals surface area (Å²) in [4.78, 5) is 38.0. The van der Waals surface area contributed by atoms with Gasteiger partial charge < -0.3 is 9.84 Å². The molecular weight excluding hydrogens is 945 g/mol. The Balaban J connectivity index is 0. The number of carbonyl (C=O) groups excluding carboxylic acids is 2. The van der Waals surface area contributed by atoms with E-state index in [4.69, 9.17) is 9.84 Å². The van der Waals surface area contributed by atoms with E-state index in [0.717, 1.165) is 64.2 Å². The molecule has 0 aromatic carbocycles. The molecule has 5 heteroatoms. The highest BCUT2D eigenvalue weighted by Crippen LogP contribution is 2.24. The van der Waals surface area contributed by atoms with E-state index in [1.165, 1.54) is 315 Å². The fourth-order valence-electron chi connectivity index (χ4n) is 11.4. The number of ketones is 1. The van der Waals surface area contributed by atoms with Crippen LogP contribution >= 0.6 is 0 Å². The lowest BCUT2D eigenvalue weighted by Gasteiger charge is -2.22. The molecule has 5 nitrogen and oxygen atoms in total. The van der Waals surface area contributed by atoms with Gasteiger partial charge in [0.05, 0.1) is 0 Å². The summed E-state index contributed by atoms with van der Waals surface area (Å²) in [6.45, 7) is 11.4. The molecule has 1 N–H and O–H groups in total.